The molecule has 4 rings (SSSR count). The number of sulfone groups is 1. The third-order valence-electron chi connectivity index (χ3n) is 8.57. The van der Waals surface area contributed by atoms with E-state index >= 15 is 0 Å². The molecule has 14 heteroatoms. The number of nitrogens with zero attached hydrogens (tertiary/aromatic N) is 3. The molecule has 43 heavy (non-hydrogen) atoms. The van der Waals surface area contributed by atoms with Gasteiger partial charge in [-0.05, 0) is 93.6 Å². The zero-order chi connectivity index (χ0) is 31.4. The first-order chi connectivity index (χ1) is 20.2. The topological polar surface area (TPSA) is 112 Å². The quantitative estimate of drug-likeness (QED) is 0.343. The van der Waals surface area contributed by atoms with Gasteiger partial charge in [0.2, 0.25) is 20.0 Å². The van der Waals surface area contributed by atoms with E-state index in [0.717, 1.165) is 43.8 Å². The van der Waals surface area contributed by atoms with Crippen LogP contribution < -0.4 is 0 Å². The predicted molar refractivity (Wildman–Crippen MR) is 163 cm³/mol. The number of hydrogen-bond donors (Lipinski definition) is 0. The summed E-state index contributed by atoms with van der Waals surface area (Å²) in [5.41, 5.74) is 1.25. The van der Waals surface area contributed by atoms with Crippen molar-refractivity contribution in [3.8, 4) is 0 Å². The molecule has 9 nitrogen and oxygen atoms in total. The Kier molecular flexibility index (Phi) is 11.0. The lowest BCUT2D eigenvalue weighted by Gasteiger charge is -2.35. The van der Waals surface area contributed by atoms with Gasteiger partial charge in [0.25, 0.3) is 0 Å². The SMILES string of the molecule is CCS(=O)(=O)N1CCN(S(=O)(=O)CCC2CCN(CC[C@H](c3ccc(S(C)(=O)=O)cc3)c3cc(F)cc(F)c3)CC2)CC1. The molecule has 0 aromatic heterocycles. The van der Waals surface area contributed by atoms with E-state index in [4.69, 9.17) is 0 Å². The summed E-state index contributed by atoms with van der Waals surface area (Å²) in [6, 6.07) is 9.87. The van der Waals surface area contributed by atoms with Crippen LogP contribution in [0.25, 0.3) is 0 Å². The first kappa shape index (κ1) is 33.9. The molecule has 2 aliphatic rings. The number of benzene rings is 2. The molecule has 0 amide bonds. The highest BCUT2D eigenvalue weighted by Gasteiger charge is 2.32. The van der Waals surface area contributed by atoms with Gasteiger partial charge in [-0.15, -0.1) is 0 Å². The minimum atomic E-state index is -3.47. The van der Waals surface area contributed by atoms with Gasteiger partial charge >= 0.3 is 0 Å². The van der Waals surface area contributed by atoms with E-state index in [-0.39, 0.29) is 54.4 Å². The number of piperazine rings is 1. The van der Waals surface area contributed by atoms with Crippen LogP contribution in [-0.4, -0.2) is 102 Å². The third-order valence-corrected chi connectivity index (χ3v) is 13.5. The molecule has 2 aromatic carbocycles. The molecule has 2 aliphatic heterocycles. The van der Waals surface area contributed by atoms with E-state index in [1.165, 1.54) is 32.9 Å². The van der Waals surface area contributed by atoms with Gasteiger partial charge in [-0.3, -0.25) is 0 Å². The smallest absolute Gasteiger partial charge is 0.214 e. The molecule has 0 saturated carbocycles. The number of piperidine rings is 1. The second kappa shape index (κ2) is 14.0. The summed E-state index contributed by atoms with van der Waals surface area (Å²) in [6.07, 6.45) is 3.91. The Morgan fingerprint density at radius 2 is 1.30 bits per heavy atom. The fourth-order valence-corrected chi connectivity index (χ4v) is 9.24. The Bertz CT molecular complexity index is 1550. The van der Waals surface area contributed by atoms with Crippen molar-refractivity contribution in [3.63, 3.8) is 0 Å². The van der Waals surface area contributed by atoms with Crippen molar-refractivity contribution in [2.75, 3.05) is 63.6 Å². The van der Waals surface area contributed by atoms with Crippen LogP contribution in [0.4, 0.5) is 8.78 Å². The van der Waals surface area contributed by atoms with Gasteiger partial charge in [-0.2, -0.15) is 8.61 Å². The molecular formula is C29H41F2N3O6S3. The predicted octanol–water partition coefficient (Wildman–Crippen LogP) is 3.29. The number of rotatable bonds is 12. The Morgan fingerprint density at radius 1 is 0.767 bits per heavy atom. The molecule has 0 unspecified atom stereocenters. The molecule has 2 aromatic rings. The molecule has 2 heterocycles. The highest BCUT2D eigenvalue weighted by atomic mass is 32.2. The van der Waals surface area contributed by atoms with Gasteiger partial charge in [0.15, 0.2) is 9.84 Å². The Morgan fingerprint density at radius 3 is 1.81 bits per heavy atom. The van der Waals surface area contributed by atoms with E-state index in [0.29, 0.717) is 24.9 Å². The highest BCUT2D eigenvalue weighted by Crippen LogP contribution is 2.31. The van der Waals surface area contributed by atoms with Gasteiger partial charge < -0.3 is 4.90 Å². The van der Waals surface area contributed by atoms with E-state index in [1.807, 2.05) is 0 Å². The van der Waals surface area contributed by atoms with Crippen LogP contribution in [-0.2, 0) is 29.9 Å². The lowest BCUT2D eigenvalue weighted by Crippen LogP contribution is -2.51. The lowest BCUT2D eigenvalue weighted by molar-refractivity contribution is 0.178. The first-order valence-corrected chi connectivity index (χ1v) is 19.7. The third kappa shape index (κ3) is 9.04. The van der Waals surface area contributed by atoms with Gasteiger partial charge in [0, 0.05) is 44.4 Å². The van der Waals surface area contributed by atoms with Crippen molar-refractivity contribution in [1.29, 1.82) is 0 Å². The summed E-state index contributed by atoms with van der Waals surface area (Å²) in [5.74, 6) is -1.39. The maximum Gasteiger partial charge on any atom is 0.214 e. The molecule has 0 aliphatic carbocycles. The maximum atomic E-state index is 14.1. The van der Waals surface area contributed by atoms with Crippen LogP contribution in [0.1, 0.15) is 49.7 Å². The summed E-state index contributed by atoms with van der Waals surface area (Å²) in [4.78, 5) is 2.45. The molecule has 0 bridgehead atoms. The fraction of sp³-hybridized carbons (Fsp3) is 0.586. The monoisotopic (exact) mass is 661 g/mol. The average Bonchev–Trinajstić information content (AvgIpc) is 2.96. The summed E-state index contributed by atoms with van der Waals surface area (Å²) < 4.78 is 105. The summed E-state index contributed by atoms with van der Waals surface area (Å²) in [5, 5.41) is 0. The Labute approximate surface area is 254 Å². The number of sulfonamides is 2. The first-order valence-electron chi connectivity index (χ1n) is 14.6. The van der Waals surface area contributed by atoms with Crippen molar-refractivity contribution < 1.29 is 34.0 Å². The zero-order valence-electron chi connectivity index (χ0n) is 24.7. The van der Waals surface area contributed by atoms with Gasteiger partial charge in [-0.1, -0.05) is 12.1 Å². The van der Waals surface area contributed by atoms with E-state index in [2.05, 4.69) is 4.90 Å². The van der Waals surface area contributed by atoms with Crippen LogP contribution >= 0.6 is 0 Å². The normalized spacial score (nSPS) is 19.4. The van der Waals surface area contributed by atoms with Gasteiger partial charge in [0.1, 0.15) is 11.6 Å². The van der Waals surface area contributed by atoms with Gasteiger partial charge in [0.05, 0.1) is 16.4 Å². The second-order valence-electron chi connectivity index (χ2n) is 11.5. The maximum absolute atomic E-state index is 14.1. The van der Waals surface area contributed by atoms with Crippen LogP contribution in [0.15, 0.2) is 47.4 Å². The van der Waals surface area contributed by atoms with Crippen molar-refractivity contribution in [2.45, 2.75) is 43.4 Å². The van der Waals surface area contributed by atoms with Crippen LogP contribution in [0.5, 0.6) is 0 Å². The van der Waals surface area contributed by atoms with Crippen LogP contribution in [0.2, 0.25) is 0 Å². The Hall–Kier alpha value is -1.97. The fourth-order valence-electron chi connectivity index (χ4n) is 5.91. The zero-order valence-corrected chi connectivity index (χ0v) is 27.1. The molecule has 2 saturated heterocycles. The van der Waals surface area contributed by atoms with E-state index in [1.54, 1.807) is 19.1 Å². The largest absolute Gasteiger partial charge is 0.303 e. The van der Waals surface area contributed by atoms with Crippen LogP contribution in [0, 0.1) is 17.6 Å². The highest BCUT2D eigenvalue weighted by molar-refractivity contribution is 7.90. The van der Waals surface area contributed by atoms with Crippen LogP contribution in [0.3, 0.4) is 0 Å². The minimum Gasteiger partial charge on any atom is -0.303 e. The average molecular weight is 662 g/mol. The van der Waals surface area contributed by atoms with Crippen molar-refractivity contribution in [1.82, 2.24) is 13.5 Å². The van der Waals surface area contributed by atoms with Crippen molar-refractivity contribution >= 4 is 29.9 Å². The van der Waals surface area contributed by atoms with E-state index in [9.17, 15) is 34.0 Å². The summed E-state index contributed by atoms with van der Waals surface area (Å²) >= 11 is 0. The van der Waals surface area contributed by atoms with Crippen molar-refractivity contribution in [2.24, 2.45) is 5.92 Å². The molecule has 2 fully saturated rings. The molecule has 0 N–H and O–H groups in total. The lowest BCUT2D eigenvalue weighted by atomic mass is 9.87. The molecule has 240 valence electrons. The number of halogens is 2. The molecule has 1 atom stereocenters. The summed E-state index contributed by atoms with van der Waals surface area (Å²) in [7, 11) is -10.2. The molecule has 0 spiro atoms. The van der Waals surface area contributed by atoms with Crippen molar-refractivity contribution in [3.05, 3.63) is 65.2 Å². The Balaban J connectivity index is 1.31. The summed E-state index contributed by atoms with van der Waals surface area (Å²) in [6.45, 7) is 4.49. The minimum absolute atomic E-state index is 0.000932. The standard InChI is InChI=1S/C29H41F2N3O6S3/c1-3-42(37,38)33-15-17-34(18-16-33)43(39,40)19-11-23-8-12-32(13-9-23)14-10-29(25-20-26(30)22-27(31)21-25)24-4-6-28(7-5-24)41(2,35)36/h4-7,20-23,29H,3,8-19H2,1-2H3/t29-/m1/s1. The number of hydrogen-bond acceptors (Lipinski definition) is 7. The van der Waals surface area contributed by atoms with E-state index < -0.39 is 41.5 Å². The number of likely N-dealkylation sites (tertiary alicyclic amines) is 1. The molecule has 0 radical (unpaired) electrons. The van der Waals surface area contributed by atoms with Gasteiger partial charge in [-0.25, -0.2) is 34.0 Å². The second-order valence-corrected chi connectivity index (χ2v) is 17.8. The molecular weight excluding hydrogens is 621 g/mol.